The number of aryl methyl sites for hydroxylation is 2. The first-order valence-corrected chi connectivity index (χ1v) is 10.4. The van der Waals surface area contributed by atoms with Crippen LogP contribution in [0.4, 0.5) is 0 Å². The van der Waals surface area contributed by atoms with E-state index in [1.54, 1.807) is 0 Å². The van der Waals surface area contributed by atoms with Crippen LogP contribution in [0.25, 0.3) is 0 Å². The summed E-state index contributed by atoms with van der Waals surface area (Å²) in [5, 5.41) is 3.45. The molecule has 2 atom stereocenters. The minimum absolute atomic E-state index is 0.809. The largest absolute Gasteiger partial charge is 0.356 e. The van der Waals surface area contributed by atoms with E-state index >= 15 is 0 Å². The van der Waals surface area contributed by atoms with Gasteiger partial charge < -0.3 is 5.32 Å². The highest BCUT2D eigenvalue weighted by Crippen LogP contribution is 2.43. The maximum Gasteiger partial charge on any atom is 0.0380 e. The third kappa shape index (κ3) is 7.83. The Balaban J connectivity index is 0.000000143. The van der Waals surface area contributed by atoms with E-state index in [0.29, 0.717) is 0 Å². The Kier molecular flexibility index (Phi) is 7.89. The third-order valence-corrected chi connectivity index (χ3v) is 4.96. The van der Waals surface area contributed by atoms with E-state index in [2.05, 4.69) is 92.0 Å². The van der Waals surface area contributed by atoms with Crippen LogP contribution in [0.5, 0.6) is 0 Å². The molecule has 3 aliphatic carbocycles. The summed E-state index contributed by atoms with van der Waals surface area (Å²) < 4.78 is 0. The molecule has 0 amide bonds. The van der Waals surface area contributed by atoms with E-state index in [1.807, 2.05) is 36.4 Å². The van der Waals surface area contributed by atoms with E-state index in [1.165, 1.54) is 28.9 Å². The molecule has 2 aromatic rings. The van der Waals surface area contributed by atoms with Crippen LogP contribution in [0, 0.1) is 25.7 Å². The molecule has 0 aromatic heterocycles. The molecule has 148 valence electrons. The van der Waals surface area contributed by atoms with Crippen LogP contribution < -0.4 is 5.32 Å². The molecule has 2 unspecified atom stereocenters. The predicted octanol–water partition coefficient (Wildman–Crippen LogP) is 7.06. The number of hydrogen-bond donors (Lipinski definition) is 1. The summed E-state index contributed by atoms with van der Waals surface area (Å²) in [7, 11) is 0. The van der Waals surface area contributed by atoms with Crippen molar-refractivity contribution in [3.8, 4) is 0 Å². The molecule has 1 heteroatoms. The van der Waals surface area contributed by atoms with Gasteiger partial charge in [0.25, 0.3) is 0 Å². The topological polar surface area (TPSA) is 12.0 Å². The molecule has 1 saturated carbocycles. The summed E-state index contributed by atoms with van der Waals surface area (Å²) >= 11 is 0. The van der Waals surface area contributed by atoms with Gasteiger partial charge in [0, 0.05) is 11.4 Å². The fourth-order valence-corrected chi connectivity index (χ4v) is 3.14. The maximum absolute atomic E-state index is 3.45. The second kappa shape index (κ2) is 11.1. The lowest BCUT2D eigenvalue weighted by Crippen LogP contribution is -2.11. The lowest BCUT2D eigenvalue weighted by Gasteiger charge is -2.10. The van der Waals surface area contributed by atoms with Gasteiger partial charge in [-0.2, -0.15) is 0 Å². The molecule has 0 aliphatic heterocycles. The monoisotopic (exact) mass is 381 g/mol. The highest BCUT2D eigenvalue weighted by molar-refractivity contribution is 5.36. The van der Waals surface area contributed by atoms with Crippen molar-refractivity contribution >= 4 is 0 Å². The van der Waals surface area contributed by atoms with Crippen LogP contribution in [-0.2, 0) is 0 Å². The molecule has 0 radical (unpaired) electrons. The predicted molar refractivity (Wildman–Crippen MR) is 125 cm³/mol. The molecule has 5 rings (SSSR count). The van der Waals surface area contributed by atoms with Crippen molar-refractivity contribution < 1.29 is 0 Å². The van der Waals surface area contributed by atoms with E-state index in [0.717, 1.165) is 18.3 Å². The summed E-state index contributed by atoms with van der Waals surface area (Å²) in [5.74, 6) is 1.65. The van der Waals surface area contributed by atoms with Crippen LogP contribution in [0.1, 0.15) is 24.0 Å². The van der Waals surface area contributed by atoms with Gasteiger partial charge >= 0.3 is 0 Å². The zero-order chi connectivity index (χ0) is 20.3. The SMILES string of the molecule is C1=CCC=CC(NC2=CC3CC3C=C2)=C1.Cc1ccccc1.Cc1ccccc1. The first-order valence-electron chi connectivity index (χ1n) is 10.4. The van der Waals surface area contributed by atoms with Crippen molar-refractivity contribution in [2.75, 3.05) is 0 Å². The summed E-state index contributed by atoms with van der Waals surface area (Å²) in [6.07, 6.45) is 20.0. The van der Waals surface area contributed by atoms with Gasteiger partial charge in [-0.25, -0.2) is 0 Å². The number of rotatable bonds is 2. The quantitative estimate of drug-likeness (QED) is 0.587. The van der Waals surface area contributed by atoms with Crippen LogP contribution in [-0.4, -0.2) is 0 Å². The fourth-order valence-electron chi connectivity index (χ4n) is 3.14. The Bertz CT molecular complexity index is 860. The second-order valence-corrected chi connectivity index (χ2v) is 7.67. The average Bonchev–Trinajstić information content (AvgIpc) is 3.54. The number of allylic oxidation sites excluding steroid dienone is 8. The molecule has 0 spiro atoms. The molecular formula is C28H31N. The molecule has 0 heterocycles. The van der Waals surface area contributed by atoms with E-state index in [-0.39, 0.29) is 0 Å². The highest BCUT2D eigenvalue weighted by Gasteiger charge is 2.34. The van der Waals surface area contributed by atoms with Gasteiger partial charge in [-0.05, 0) is 56.8 Å². The van der Waals surface area contributed by atoms with E-state index in [4.69, 9.17) is 0 Å². The van der Waals surface area contributed by atoms with Gasteiger partial charge in [0.15, 0.2) is 0 Å². The van der Waals surface area contributed by atoms with Crippen LogP contribution in [0.15, 0.2) is 121 Å². The van der Waals surface area contributed by atoms with Gasteiger partial charge in [-0.15, -0.1) is 0 Å². The van der Waals surface area contributed by atoms with Crippen molar-refractivity contribution in [1.29, 1.82) is 0 Å². The number of hydrogen-bond acceptors (Lipinski definition) is 1. The third-order valence-electron chi connectivity index (χ3n) is 4.96. The average molecular weight is 382 g/mol. The molecule has 1 N–H and O–H groups in total. The molecule has 3 aliphatic rings. The summed E-state index contributed by atoms with van der Waals surface area (Å²) in [4.78, 5) is 0. The minimum Gasteiger partial charge on any atom is -0.356 e. The maximum atomic E-state index is 3.45. The van der Waals surface area contributed by atoms with Crippen molar-refractivity contribution in [2.45, 2.75) is 26.7 Å². The minimum atomic E-state index is 0.809. The molecule has 1 nitrogen and oxygen atoms in total. The van der Waals surface area contributed by atoms with Crippen LogP contribution in [0.2, 0.25) is 0 Å². The standard InChI is InChI=1S/C14H15N.2C7H8/c1-2-4-6-13(5-3-1)15-14-8-7-11-9-12(11)10-14;2*1-7-5-3-2-4-6-7/h1,3-8,10-12,15H,2,9H2;2*2-6H,1H3. The lowest BCUT2D eigenvalue weighted by molar-refractivity contribution is 0.917. The van der Waals surface area contributed by atoms with E-state index in [9.17, 15) is 0 Å². The highest BCUT2D eigenvalue weighted by atomic mass is 14.9. The smallest absolute Gasteiger partial charge is 0.0380 e. The zero-order valence-electron chi connectivity index (χ0n) is 17.5. The Morgan fingerprint density at radius 1 is 0.724 bits per heavy atom. The first-order chi connectivity index (χ1) is 14.2. The molecule has 0 bridgehead atoms. The fraction of sp³-hybridized carbons (Fsp3) is 0.214. The van der Waals surface area contributed by atoms with Crippen molar-refractivity contribution in [1.82, 2.24) is 5.32 Å². The van der Waals surface area contributed by atoms with Crippen molar-refractivity contribution in [3.63, 3.8) is 0 Å². The van der Waals surface area contributed by atoms with Crippen LogP contribution >= 0.6 is 0 Å². The van der Waals surface area contributed by atoms with Gasteiger partial charge in [0.2, 0.25) is 0 Å². The van der Waals surface area contributed by atoms with Crippen LogP contribution in [0.3, 0.4) is 0 Å². The van der Waals surface area contributed by atoms with E-state index < -0.39 is 0 Å². The Morgan fingerprint density at radius 2 is 1.38 bits per heavy atom. The van der Waals surface area contributed by atoms with Gasteiger partial charge in [-0.3, -0.25) is 0 Å². The molecule has 1 fully saturated rings. The molecule has 2 aromatic carbocycles. The van der Waals surface area contributed by atoms with Gasteiger partial charge in [-0.1, -0.05) is 102 Å². The zero-order valence-corrected chi connectivity index (χ0v) is 17.5. The summed E-state index contributed by atoms with van der Waals surface area (Å²) in [6.45, 7) is 4.17. The molecular weight excluding hydrogens is 350 g/mol. The van der Waals surface area contributed by atoms with Crippen molar-refractivity contribution in [3.05, 3.63) is 132 Å². The van der Waals surface area contributed by atoms with Gasteiger partial charge in [0.05, 0.1) is 0 Å². The number of fused-ring (bicyclic) bond motifs is 1. The summed E-state index contributed by atoms with van der Waals surface area (Å²) in [6, 6.07) is 20.5. The number of benzene rings is 2. The second-order valence-electron chi connectivity index (χ2n) is 7.67. The molecule has 29 heavy (non-hydrogen) atoms. The number of nitrogens with one attached hydrogen (secondary N) is 1. The van der Waals surface area contributed by atoms with Gasteiger partial charge in [0.1, 0.15) is 0 Å². The Hall–Kier alpha value is -3.06. The normalized spacial score (nSPS) is 20.5. The Labute approximate surface area is 175 Å². The first kappa shape index (κ1) is 20.7. The van der Waals surface area contributed by atoms with Crippen molar-refractivity contribution in [2.24, 2.45) is 11.8 Å². The lowest BCUT2D eigenvalue weighted by atomic mass is 10.1. The molecule has 0 saturated heterocycles. The Morgan fingerprint density at radius 3 is 1.93 bits per heavy atom. The summed E-state index contributed by atoms with van der Waals surface area (Å²) in [5.41, 5.74) is 5.07.